The van der Waals surface area contributed by atoms with E-state index in [1.807, 2.05) is 18.2 Å². The maximum atomic E-state index is 12.4. The van der Waals surface area contributed by atoms with Gasteiger partial charge in [-0.2, -0.15) is 10.5 Å². The fourth-order valence-electron chi connectivity index (χ4n) is 2.37. The third-order valence-corrected chi connectivity index (χ3v) is 3.67. The summed E-state index contributed by atoms with van der Waals surface area (Å²) in [7, 11) is 0. The van der Waals surface area contributed by atoms with Gasteiger partial charge >= 0.3 is 0 Å². The van der Waals surface area contributed by atoms with Crippen molar-refractivity contribution in [1.82, 2.24) is 9.97 Å². The number of nitriles is 2. The van der Waals surface area contributed by atoms with E-state index in [1.165, 1.54) is 18.5 Å². The topological polar surface area (TPSA) is 102 Å². The number of anilines is 1. The van der Waals surface area contributed by atoms with Crippen LogP contribution in [0.5, 0.6) is 0 Å². The molecule has 26 heavy (non-hydrogen) atoms. The SMILES string of the molecule is N#Cc1cccc(CNc2ncc(C(=O)c3cccc(C#N)c3)cn2)c1. The molecule has 0 unspecified atom stereocenters. The van der Waals surface area contributed by atoms with Gasteiger partial charge in [-0.1, -0.05) is 24.3 Å². The highest BCUT2D eigenvalue weighted by Crippen LogP contribution is 2.12. The van der Waals surface area contributed by atoms with Crippen LogP contribution in [-0.4, -0.2) is 15.8 Å². The lowest BCUT2D eigenvalue weighted by Gasteiger charge is -2.06. The Morgan fingerprint density at radius 3 is 2.27 bits per heavy atom. The van der Waals surface area contributed by atoms with E-state index in [9.17, 15) is 4.79 Å². The number of benzene rings is 2. The molecular formula is C20H13N5O. The molecule has 1 N–H and O–H groups in total. The first kappa shape index (κ1) is 16.8. The number of rotatable bonds is 5. The van der Waals surface area contributed by atoms with Crippen LogP contribution in [0.4, 0.5) is 5.95 Å². The molecule has 1 aromatic heterocycles. The number of aromatic nitrogens is 2. The lowest BCUT2D eigenvalue weighted by Crippen LogP contribution is -2.07. The highest BCUT2D eigenvalue weighted by molar-refractivity contribution is 6.08. The number of carbonyl (C=O) groups is 1. The molecule has 6 heteroatoms. The van der Waals surface area contributed by atoms with Crippen LogP contribution in [-0.2, 0) is 6.54 Å². The van der Waals surface area contributed by atoms with Crippen molar-refractivity contribution in [2.24, 2.45) is 0 Å². The van der Waals surface area contributed by atoms with E-state index in [-0.39, 0.29) is 5.78 Å². The zero-order valence-electron chi connectivity index (χ0n) is 13.7. The van der Waals surface area contributed by atoms with Crippen molar-refractivity contribution in [1.29, 1.82) is 10.5 Å². The lowest BCUT2D eigenvalue weighted by molar-refractivity contribution is 0.103. The molecule has 1 heterocycles. The van der Waals surface area contributed by atoms with Crippen LogP contribution in [0.15, 0.2) is 60.9 Å². The Hall–Kier alpha value is -4.03. The van der Waals surface area contributed by atoms with Gasteiger partial charge in [0.05, 0.1) is 28.8 Å². The van der Waals surface area contributed by atoms with Crippen LogP contribution in [0.1, 0.15) is 32.6 Å². The zero-order valence-corrected chi connectivity index (χ0v) is 13.7. The molecule has 3 aromatic rings. The third kappa shape index (κ3) is 3.89. The van der Waals surface area contributed by atoms with Gasteiger partial charge in [-0.05, 0) is 29.8 Å². The molecule has 0 spiro atoms. The fourth-order valence-corrected chi connectivity index (χ4v) is 2.37. The van der Waals surface area contributed by atoms with Crippen molar-refractivity contribution >= 4 is 11.7 Å². The molecule has 0 amide bonds. The van der Waals surface area contributed by atoms with Crippen molar-refractivity contribution in [3.05, 3.63) is 88.7 Å². The smallest absolute Gasteiger partial charge is 0.222 e. The van der Waals surface area contributed by atoms with Crippen LogP contribution >= 0.6 is 0 Å². The van der Waals surface area contributed by atoms with E-state index in [1.54, 1.807) is 30.3 Å². The highest BCUT2D eigenvalue weighted by atomic mass is 16.1. The van der Waals surface area contributed by atoms with Gasteiger partial charge in [-0.25, -0.2) is 9.97 Å². The molecule has 0 fully saturated rings. The normalized spacial score (nSPS) is 9.77. The molecule has 0 bridgehead atoms. The largest absolute Gasteiger partial charge is 0.350 e. The molecule has 0 aliphatic rings. The van der Waals surface area contributed by atoms with Crippen LogP contribution in [0.3, 0.4) is 0 Å². The van der Waals surface area contributed by atoms with Gasteiger partial charge in [-0.3, -0.25) is 4.79 Å². The summed E-state index contributed by atoms with van der Waals surface area (Å²) in [5.74, 6) is 0.144. The van der Waals surface area contributed by atoms with Gasteiger partial charge < -0.3 is 5.32 Å². The van der Waals surface area contributed by atoms with Gasteiger partial charge in [0.25, 0.3) is 0 Å². The minimum atomic E-state index is -0.240. The first-order chi connectivity index (χ1) is 12.7. The molecule has 0 saturated carbocycles. The lowest BCUT2D eigenvalue weighted by atomic mass is 10.0. The Morgan fingerprint density at radius 2 is 1.58 bits per heavy atom. The molecule has 2 aromatic carbocycles. The average Bonchev–Trinajstić information content (AvgIpc) is 2.72. The van der Waals surface area contributed by atoms with Gasteiger partial charge in [0.1, 0.15) is 0 Å². The minimum absolute atomic E-state index is 0.240. The van der Waals surface area contributed by atoms with Crippen LogP contribution < -0.4 is 5.32 Å². The summed E-state index contributed by atoms with van der Waals surface area (Å²) in [5, 5.41) is 20.9. The molecule has 0 saturated heterocycles. The number of carbonyl (C=O) groups excluding carboxylic acids is 1. The number of nitrogens with one attached hydrogen (secondary N) is 1. The monoisotopic (exact) mass is 339 g/mol. The highest BCUT2D eigenvalue weighted by Gasteiger charge is 2.11. The molecule has 6 nitrogen and oxygen atoms in total. The Kier molecular flexibility index (Phi) is 4.98. The Morgan fingerprint density at radius 1 is 0.923 bits per heavy atom. The van der Waals surface area contributed by atoms with Gasteiger partial charge in [0.15, 0.2) is 5.78 Å². The second-order valence-electron chi connectivity index (χ2n) is 5.48. The Balaban J connectivity index is 1.69. The Labute approximate surface area is 150 Å². The maximum Gasteiger partial charge on any atom is 0.222 e. The average molecular weight is 339 g/mol. The molecular weight excluding hydrogens is 326 g/mol. The summed E-state index contributed by atoms with van der Waals surface area (Å²) in [4.78, 5) is 20.7. The first-order valence-corrected chi connectivity index (χ1v) is 7.79. The van der Waals surface area contributed by atoms with E-state index in [4.69, 9.17) is 10.5 Å². The maximum absolute atomic E-state index is 12.4. The molecule has 124 valence electrons. The predicted octanol–water partition coefficient (Wildman–Crippen LogP) is 3.06. The summed E-state index contributed by atoms with van der Waals surface area (Å²) in [6.07, 6.45) is 2.89. The number of hydrogen-bond donors (Lipinski definition) is 1. The van der Waals surface area contributed by atoms with Crippen molar-refractivity contribution < 1.29 is 4.79 Å². The summed E-state index contributed by atoms with van der Waals surface area (Å²) < 4.78 is 0. The van der Waals surface area contributed by atoms with Crippen molar-refractivity contribution in [2.45, 2.75) is 6.54 Å². The zero-order chi connectivity index (χ0) is 18.4. The van der Waals surface area contributed by atoms with Gasteiger partial charge in [0, 0.05) is 24.5 Å². The Bertz CT molecular complexity index is 1030. The van der Waals surface area contributed by atoms with E-state index in [0.717, 1.165) is 5.56 Å². The van der Waals surface area contributed by atoms with E-state index < -0.39 is 0 Å². The second-order valence-corrected chi connectivity index (χ2v) is 5.48. The molecule has 0 radical (unpaired) electrons. The number of ketones is 1. The van der Waals surface area contributed by atoms with E-state index in [2.05, 4.69) is 21.4 Å². The standard InChI is InChI=1S/C20H13N5O/c21-9-14-3-1-5-16(7-14)11-23-20-24-12-18(13-25-20)19(26)17-6-2-4-15(8-17)10-22/h1-8,12-13H,11H2,(H,23,24,25). The quantitative estimate of drug-likeness (QED) is 0.717. The van der Waals surface area contributed by atoms with E-state index in [0.29, 0.717) is 34.7 Å². The van der Waals surface area contributed by atoms with Crippen molar-refractivity contribution in [3.8, 4) is 12.1 Å². The van der Waals surface area contributed by atoms with Crippen molar-refractivity contribution in [3.63, 3.8) is 0 Å². The minimum Gasteiger partial charge on any atom is -0.350 e. The summed E-state index contributed by atoms with van der Waals surface area (Å²) in [5.41, 5.74) is 2.71. The predicted molar refractivity (Wildman–Crippen MR) is 95.1 cm³/mol. The van der Waals surface area contributed by atoms with Gasteiger partial charge in [-0.15, -0.1) is 0 Å². The summed E-state index contributed by atoms with van der Waals surface area (Å²) in [6, 6.07) is 17.8. The molecule has 0 aliphatic heterocycles. The van der Waals surface area contributed by atoms with Gasteiger partial charge in [0.2, 0.25) is 5.95 Å². The summed E-state index contributed by atoms with van der Waals surface area (Å²) >= 11 is 0. The van der Waals surface area contributed by atoms with Crippen molar-refractivity contribution in [2.75, 3.05) is 5.32 Å². The molecule has 3 rings (SSSR count). The number of hydrogen-bond acceptors (Lipinski definition) is 6. The van der Waals surface area contributed by atoms with E-state index >= 15 is 0 Å². The second kappa shape index (κ2) is 7.69. The summed E-state index contributed by atoms with van der Waals surface area (Å²) in [6.45, 7) is 0.465. The van der Waals surface area contributed by atoms with Crippen LogP contribution in [0.2, 0.25) is 0 Å². The fraction of sp³-hybridized carbons (Fsp3) is 0.0500. The first-order valence-electron chi connectivity index (χ1n) is 7.79. The molecule has 0 aliphatic carbocycles. The third-order valence-electron chi connectivity index (χ3n) is 3.67. The van der Waals surface area contributed by atoms with Crippen LogP contribution in [0, 0.1) is 22.7 Å². The van der Waals surface area contributed by atoms with Crippen LogP contribution in [0.25, 0.3) is 0 Å². The molecule has 0 atom stereocenters. The number of nitrogens with zero attached hydrogens (tertiary/aromatic N) is 4.